The summed E-state index contributed by atoms with van der Waals surface area (Å²) in [5.41, 5.74) is 1.25. The summed E-state index contributed by atoms with van der Waals surface area (Å²) < 4.78 is 5.17. The predicted molar refractivity (Wildman–Crippen MR) is 95.8 cm³/mol. The molecule has 0 aliphatic rings. The number of carboxylic acid groups (broad SMARTS) is 1. The number of carbonyl (C=O) groups excluding carboxylic acids is 1. The molecule has 0 aromatic heterocycles. The van der Waals surface area contributed by atoms with Crippen LogP contribution in [0.5, 0.6) is 0 Å². The zero-order valence-electron chi connectivity index (χ0n) is 15.0. The van der Waals surface area contributed by atoms with Gasteiger partial charge in [-0.05, 0) is 51.8 Å². The molecule has 1 rings (SSSR count). The second kappa shape index (κ2) is 8.53. The quantitative estimate of drug-likeness (QED) is 0.590. The van der Waals surface area contributed by atoms with Crippen molar-refractivity contribution in [3.63, 3.8) is 0 Å². The zero-order chi connectivity index (χ0) is 19.2. The van der Waals surface area contributed by atoms with Crippen molar-refractivity contribution in [3.05, 3.63) is 42.0 Å². The van der Waals surface area contributed by atoms with Crippen LogP contribution >= 0.6 is 0 Å². The zero-order valence-corrected chi connectivity index (χ0v) is 15.0. The van der Waals surface area contributed by atoms with Gasteiger partial charge in [0.1, 0.15) is 5.60 Å². The summed E-state index contributed by atoms with van der Waals surface area (Å²) in [6, 6.07) is 6.15. The fourth-order valence-electron chi connectivity index (χ4n) is 2.14. The van der Waals surface area contributed by atoms with Crippen molar-refractivity contribution >= 4 is 17.9 Å². The molecule has 138 valence electrons. The standard InChI is InChI=1S/C18H26N2O5/c1-11(2)15(21)14(20-16(22)23)10-12-6-8-13(9-7-12)19-17(24)25-18(3,4)5/h6-9,14-15,20-21H,1,10H2,2-5H3,(H,19,24)(H,22,23)/t14-,15+/m0/s1. The molecule has 0 spiro atoms. The van der Waals surface area contributed by atoms with E-state index < -0.39 is 29.9 Å². The first kappa shape index (κ1) is 20.5. The van der Waals surface area contributed by atoms with Crippen molar-refractivity contribution in [2.75, 3.05) is 5.32 Å². The summed E-state index contributed by atoms with van der Waals surface area (Å²) in [5, 5.41) is 23.9. The van der Waals surface area contributed by atoms with E-state index in [1.807, 2.05) is 0 Å². The second-order valence-electron chi connectivity index (χ2n) is 6.88. The number of ether oxygens (including phenoxy) is 1. The van der Waals surface area contributed by atoms with E-state index in [0.29, 0.717) is 11.3 Å². The largest absolute Gasteiger partial charge is 0.465 e. The second-order valence-corrected chi connectivity index (χ2v) is 6.88. The van der Waals surface area contributed by atoms with E-state index in [9.17, 15) is 14.7 Å². The average molecular weight is 350 g/mol. The van der Waals surface area contributed by atoms with E-state index in [1.165, 1.54) is 0 Å². The average Bonchev–Trinajstić information content (AvgIpc) is 2.45. The Balaban J connectivity index is 2.75. The van der Waals surface area contributed by atoms with Crippen molar-refractivity contribution < 1.29 is 24.5 Å². The van der Waals surface area contributed by atoms with Crippen LogP contribution in [0, 0.1) is 0 Å². The molecule has 7 nitrogen and oxygen atoms in total. The van der Waals surface area contributed by atoms with E-state index in [2.05, 4.69) is 17.2 Å². The molecule has 2 atom stereocenters. The van der Waals surface area contributed by atoms with Crippen LogP contribution in [0.1, 0.15) is 33.3 Å². The molecule has 25 heavy (non-hydrogen) atoms. The van der Waals surface area contributed by atoms with Gasteiger partial charge in [0.05, 0.1) is 12.1 Å². The van der Waals surface area contributed by atoms with Gasteiger partial charge in [-0.3, -0.25) is 5.32 Å². The van der Waals surface area contributed by atoms with Gasteiger partial charge in [0.15, 0.2) is 0 Å². The van der Waals surface area contributed by atoms with Gasteiger partial charge >= 0.3 is 12.2 Å². The fourth-order valence-corrected chi connectivity index (χ4v) is 2.14. The number of benzene rings is 1. The topological polar surface area (TPSA) is 108 Å². The Kier molecular flexibility index (Phi) is 6.99. The molecular weight excluding hydrogens is 324 g/mol. The van der Waals surface area contributed by atoms with Crippen LogP contribution in [-0.2, 0) is 11.2 Å². The van der Waals surface area contributed by atoms with E-state index >= 15 is 0 Å². The van der Waals surface area contributed by atoms with Crippen LogP contribution in [0.3, 0.4) is 0 Å². The first-order valence-corrected chi connectivity index (χ1v) is 7.90. The van der Waals surface area contributed by atoms with Crippen LogP contribution in [-0.4, -0.2) is 40.1 Å². The Morgan fingerprint density at radius 2 is 1.80 bits per heavy atom. The Morgan fingerprint density at radius 1 is 1.24 bits per heavy atom. The highest BCUT2D eigenvalue weighted by Crippen LogP contribution is 2.16. The number of nitrogens with one attached hydrogen (secondary N) is 2. The highest BCUT2D eigenvalue weighted by Gasteiger charge is 2.22. The molecule has 0 aliphatic heterocycles. The van der Waals surface area contributed by atoms with Gasteiger partial charge in [0.25, 0.3) is 0 Å². The minimum Gasteiger partial charge on any atom is -0.465 e. The van der Waals surface area contributed by atoms with Crippen molar-refractivity contribution in [3.8, 4) is 0 Å². The summed E-state index contributed by atoms with van der Waals surface area (Å²) in [5.74, 6) is 0. The van der Waals surface area contributed by atoms with Gasteiger partial charge in [-0.25, -0.2) is 9.59 Å². The molecule has 2 amide bonds. The maximum Gasteiger partial charge on any atom is 0.412 e. The van der Waals surface area contributed by atoms with Gasteiger partial charge in [-0.1, -0.05) is 24.3 Å². The predicted octanol–water partition coefficient (Wildman–Crippen LogP) is 3.15. The maximum absolute atomic E-state index is 11.7. The minimum atomic E-state index is -1.21. The van der Waals surface area contributed by atoms with Gasteiger partial charge in [-0.2, -0.15) is 0 Å². The normalized spacial score (nSPS) is 13.5. The van der Waals surface area contributed by atoms with Gasteiger partial charge in [0.2, 0.25) is 0 Å². The molecule has 0 saturated heterocycles. The number of rotatable bonds is 6. The number of hydrogen-bond acceptors (Lipinski definition) is 4. The molecule has 7 heteroatoms. The lowest BCUT2D eigenvalue weighted by molar-refractivity contribution is 0.0636. The molecule has 1 aromatic rings. The molecule has 0 unspecified atom stereocenters. The third-order valence-corrected chi connectivity index (χ3v) is 3.25. The number of carbonyl (C=O) groups is 2. The maximum atomic E-state index is 11.7. The van der Waals surface area contributed by atoms with Crippen LogP contribution in [0.25, 0.3) is 0 Å². The monoisotopic (exact) mass is 350 g/mol. The smallest absolute Gasteiger partial charge is 0.412 e. The summed E-state index contributed by atoms with van der Waals surface area (Å²) in [6.45, 7) is 10.6. The van der Waals surface area contributed by atoms with Crippen LogP contribution in [0.4, 0.5) is 15.3 Å². The Bertz CT molecular complexity index is 619. The lowest BCUT2D eigenvalue weighted by Gasteiger charge is -2.23. The molecule has 1 aromatic carbocycles. The van der Waals surface area contributed by atoms with Crippen molar-refractivity contribution in [1.29, 1.82) is 0 Å². The molecule has 4 N–H and O–H groups in total. The van der Waals surface area contributed by atoms with Crippen LogP contribution < -0.4 is 10.6 Å². The van der Waals surface area contributed by atoms with E-state index in [4.69, 9.17) is 9.84 Å². The van der Waals surface area contributed by atoms with Crippen molar-refractivity contribution in [1.82, 2.24) is 5.32 Å². The van der Waals surface area contributed by atoms with E-state index in [0.717, 1.165) is 5.56 Å². The van der Waals surface area contributed by atoms with E-state index in [-0.39, 0.29) is 6.42 Å². The molecule has 0 radical (unpaired) electrons. The third kappa shape index (κ3) is 7.71. The van der Waals surface area contributed by atoms with Gasteiger partial charge < -0.3 is 20.3 Å². The molecule has 0 heterocycles. The number of aliphatic hydroxyl groups is 1. The minimum absolute atomic E-state index is 0.285. The Morgan fingerprint density at radius 3 is 2.24 bits per heavy atom. The van der Waals surface area contributed by atoms with Crippen LogP contribution in [0.2, 0.25) is 0 Å². The Labute approximate surface area is 147 Å². The highest BCUT2D eigenvalue weighted by molar-refractivity contribution is 5.84. The molecule has 0 fully saturated rings. The molecule has 0 aliphatic carbocycles. The first-order chi connectivity index (χ1) is 11.5. The van der Waals surface area contributed by atoms with Crippen molar-refractivity contribution in [2.24, 2.45) is 0 Å². The highest BCUT2D eigenvalue weighted by atomic mass is 16.6. The van der Waals surface area contributed by atoms with Gasteiger partial charge in [0, 0.05) is 5.69 Å². The Hall–Kier alpha value is -2.54. The number of hydrogen-bond donors (Lipinski definition) is 4. The summed E-state index contributed by atoms with van der Waals surface area (Å²) in [4.78, 5) is 22.6. The van der Waals surface area contributed by atoms with Crippen molar-refractivity contribution in [2.45, 2.75) is 51.9 Å². The number of anilines is 1. The summed E-state index contributed by atoms with van der Waals surface area (Å²) in [7, 11) is 0. The molecule has 0 bridgehead atoms. The van der Waals surface area contributed by atoms with Gasteiger partial charge in [-0.15, -0.1) is 0 Å². The lowest BCUT2D eigenvalue weighted by Crippen LogP contribution is -2.44. The molecular formula is C18H26N2O5. The van der Waals surface area contributed by atoms with Crippen LogP contribution in [0.15, 0.2) is 36.4 Å². The third-order valence-electron chi connectivity index (χ3n) is 3.25. The number of aliphatic hydroxyl groups excluding tert-OH is 1. The number of amides is 2. The SMILES string of the molecule is C=C(C)[C@@H](O)[C@H](Cc1ccc(NC(=O)OC(C)(C)C)cc1)NC(=O)O. The first-order valence-electron chi connectivity index (χ1n) is 7.90. The molecule has 0 saturated carbocycles. The fraction of sp³-hybridized carbons (Fsp3) is 0.444. The summed E-state index contributed by atoms with van der Waals surface area (Å²) >= 11 is 0. The van der Waals surface area contributed by atoms with E-state index in [1.54, 1.807) is 52.0 Å². The summed E-state index contributed by atoms with van der Waals surface area (Å²) in [6.07, 6.45) is -2.47. The lowest BCUT2D eigenvalue weighted by atomic mass is 9.97.